The molecule has 1 fully saturated rings. The van der Waals surface area contributed by atoms with Gasteiger partial charge in [0.25, 0.3) is 5.91 Å². The molecule has 30 heavy (non-hydrogen) atoms. The van der Waals surface area contributed by atoms with Crippen molar-refractivity contribution in [3.63, 3.8) is 0 Å². The molecule has 4 rings (SSSR count). The number of benzene rings is 1. The topological polar surface area (TPSA) is 89.1 Å². The molecule has 3 N–H and O–H groups in total. The zero-order valence-corrected chi connectivity index (χ0v) is 17.5. The number of nitrogen functional groups attached to an aromatic ring is 1. The largest absolute Gasteiger partial charge is 0.383 e. The third-order valence-corrected chi connectivity index (χ3v) is 5.84. The van der Waals surface area contributed by atoms with Crippen molar-refractivity contribution in [2.45, 2.75) is 37.9 Å². The van der Waals surface area contributed by atoms with E-state index in [1.165, 1.54) is 5.56 Å². The van der Waals surface area contributed by atoms with Gasteiger partial charge in [0.05, 0.1) is 11.8 Å². The summed E-state index contributed by atoms with van der Waals surface area (Å²) in [6.45, 7) is 0.859. The van der Waals surface area contributed by atoms with Gasteiger partial charge < -0.3 is 11.1 Å². The van der Waals surface area contributed by atoms with E-state index in [-0.39, 0.29) is 17.8 Å². The molecule has 7 heteroatoms. The number of likely N-dealkylation sites (N-methyl/N-ethyl adjacent to an activating group) is 1. The van der Waals surface area contributed by atoms with Crippen LogP contribution in [0.4, 0.5) is 5.82 Å². The smallest absolute Gasteiger partial charge is 0.255 e. The number of nitrogens with two attached hydrogens (primary N) is 1. The van der Waals surface area contributed by atoms with Gasteiger partial charge in [-0.2, -0.15) is 5.10 Å². The Morgan fingerprint density at radius 1 is 1.23 bits per heavy atom. The van der Waals surface area contributed by atoms with Gasteiger partial charge in [-0.3, -0.25) is 14.4 Å². The van der Waals surface area contributed by atoms with Crippen LogP contribution in [0.3, 0.4) is 0 Å². The average molecular weight is 405 g/mol. The van der Waals surface area contributed by atoms with Crippen molar-refractivity contribution in [3.8, 4) is 11.1 Å². The summed E-state index contributed by atoms with van der Waals surface area (Å²) in [5, 5.41) is 7.40. The summed E-state index contributed by atoms with van der Waals surface area (Å²) < 4.78 is 1.72. The molecular weight excluding hydrogens is 376 g/mol. The molecule has 0 saturated heterocycles. The molecule has 0 aliphatic heterocycles. The minimum atomic E-state index is -0.171. The molecule has 2 unspecified atom stereocenters. The fourth-order valence-electron chi connectivity index (χ4n) is 4.26. The van der Waals surface area contributed by atoms with Crippen LogP contribution in [0.25, 0.3) is 11.1 Å². The lowest BCUT2D eigenvalue weighted by atomic mass is 10.1. The molecule has 1 saturated carbocycles. The Morgan fingerprint density at radius 3 is 2.77 bits per heavy atom. The van der Waals surface area contributed by atoms with Crippen molar-refractivity contribution >= 4 is 11.7 Å². The Balaban J connectivity index is 1.47. The zero-order chi connectivity index (χ0) is 21.1. The molecule has 3 aromatic rings. The summed E-state index contributed by atoms with van der Waals surface area (Å²) in [5.41, 5.74) is 9.45. The summed E-state index contributed by atoms with van der Waals surface area (Å²) in [4.78, 5) is 19.6. The minimum Gasteiger partial charge on any atom is -0.383 e. The number of hydrogen-bond donors (Lipinski definition) is 2. The number of nitrogens with one attached hydrogen (secondary N) is 1. The Morgan fingerprint density at radius 2 is 2.03 bits per heavy atom. The van der Waals surface area contributed by atoms with Crippen LogP contribution in [0.1, 0.15) is 35.2 Å². The van der Waals surface area contributed by atoms with Crippen LogP contribution in [-0.2, 0) is 13.6 Å². The van der Waals surface area contributed by atoms with Crippen molar-refractivity contribution in [3.05, 3.63) is 66.1 Å². The van der Waals surface area contributed by atoms with Crippen molar-refractivity contribution in [1.82, 2.24) is 25.0 Å². The maximum Gasteiger partial charge on any atom is 0.255 e. The highest BCUT2D eigenvalue weighted by Gasteiger charge is 2.32. The van der Waals surface area contributed by atoms with Gasteiger partial charge in [-0.15, -0.1) is 0 Å². The molecule has 156 valence electrons. The van der Waals surface area contributed by atoms with Crippen LogP contribution >= 0.6 is 0 Å². The molecule has 1 aliphatic rings. The van der Waals surface area contributed by atoms with Gasteiger partial charge in [0.2, 0.25) is 0 Å². The predicted molar refractivity (Wildman–Crippen MR) is 118 cm³/mol. The standard InChI is InChI=1S/C23H28N6O/c1-28(14-16-7-4-3-5-8-16)21-10-6-9-20(21)27-23(30)19-11-17(12-25-22(19)24)18-13-26-29(2)15-18/h3-5,7-8,11-13,15,20-21H,6,9-10,14H2,1-2H3,(H2,24,25)(H,27,30). The van der Waals surface area contributed by atoms with Crippen molar-refractivity contribution in [2.75, 3.05) is 12.8 Å². The second-order valence-corrected chi connectivity index (χ2v) is 8.04. The lowest BCUT2D eigenvalue weighted by molar-refractivity contribution is 0.0911. The van der Waals surface area contributed by atoms with Crippen molar-refractivity contribution < 1.29 is 4.79 Å². The zero-order valence-electron chi connectivity index (χ0n) is 17.5. The molecule has 2 aromatic heterocycles. The van der Waals surface area contributed by atoms with Crippen molar-refractivity contribution in [2.24, 2.45) is 7.05 Å². The molecule has 1 aromatic carbocycles. The van der Waals surface area contributed by atoms with E-state index < -0.39 is 0 Å². The monoisotopic (exact) mass is 404 g/mol. The first-order chi connectivity index (χ1) is 14.5. The molecular formula is C23H28N6O. The van der Waals surface area contributed by atoms with E-state index >= 15 is 0 Å². The average Bonchev–Trinajstić information content (AvgIpc) is 3.38. The summed E-state index contributed by atoms with van der Waals surface area (Å²) in [5.74, 6) is 0.0723. The Labute approximate surface area is 176 Å². The normalized spacial score (nSPS) is 18.6. The first-order valence-corrected chi connectivity index (χ1v) is 10.3. The summed E-state index contributed by atoms with van der Waals surface area (Å²) in [7, 11) is 3.98. The number of carbonyl (C=O) groups is 1. The molecule has 1 amide bonds. The van der Waals surface area contributed by atoms with E-state index in [9.17, 15) is 4.79 Å². The second kappa shape index (κ2) is 8.67. The van der Waals surface area contributed by atoms with Gasteiger partial charge >= 0.3 is 0 Å². The van der Waals surface area contributed by atoms with Crippen LogP contribution in [0, 0.1) is 0 Å². The number of rotatable bonds is 6. The van der Waals surface area contributed by atoms with E-state index in [2.05, 4.69) is 51.6 Å². The van der Waals surface area contributed by atoms with Gasteiger partial charge in [0.1, 0.15) is 5.82 Å². The van der Waals surface area contributed by atoms with Crippen molar-refractivity contribution in [1.29, 1.82) is 0 Å². The van der Waals surface area contributed by atoms with Crippen LogP contribution in [-0.4, -0.2) is 44.7 Å². The van der Waals surface area contributed by atoms with Gasteiger partial charge in [-0.1, -0.05) is 30.3 Å². The SMILES string of the molecule is CN(Cc1ccccc1)C1CCCC1NC(=O)c1cc(-c2cnn(C)c2)cnc1N. The number of carbonyl (C=O) groups excluding carboxylic acids is 1. The third-order valence-electron chi connectivity index (χ3n) is 5.84. The van der Waals surface area contributed by atoms with E-state index in [4.69, 9.17) is 5.73 Å². The van der Waals surface area contributed by atoms with Gasteiger partial charge in [0.15, 0.2) is 0 Å². The number of anilines is 1. The van der Waals surface area contributed by atoms with Crippen LogP contribution in [0.5, 0.6) is 0 Å². The fourth-order valence-corrected chi connectivity index (χ4v) is 4.26. The van der Waals surface area contributed by atoms with Gasteiger partial charge in [-0.25, -0.2) is 4.98 Å². The van der Waals surface area contributed by atoms with E-state index in [1.54, 1.807) is 23.1 Å². The number of hydrogen-bond acceptors (Lipinski definition) is 5. The Hall–Kier alpha value is -3.19. The molecule has 0 radical (unpaired) electrons. The minimum absolute atomic E-state index is 0.0904. The van der Waals surface area contributed by atoms with Crippen LogP contribution in [0.15, 0.2) is 55.0 Å². The number of amides is 1. The molecule has 2 atom stereocenters. The van der Waals surface area contributed by atoms with Crippen LogP contribution < -0.4 is 11.1 Å². The first-order valence-electron chi connectivity index (χ1n) is 10.3. The fraction of sp³-hybridized carbons (Fsp3) is 0.348. The van der Waals surface area contributed by atoms with E-state index in [0.29, 0.717) is 11.6 Å². The summed E-state index contributed by atoms with van der Waals surface area (Å²) in [6.07, 6.45) is 8.44. The number of nitrogens with zero attached hydrogens (tertiary/aromatic N) is 4. The molecule has 0 bridgehead atoms. The van der Waals surface area contributed by atoms with E-state index in [0.717, 1.165) is 36.9 Å². The number of aryl methyl sites for hydroxylation is 1. The number of pyridine rings is 1. The molecule has 7 nitrogen and oxygen atoms in total. The molecule has 2 heterocycles. The highest BCUT2D eigenvalue weighted by atomic mass is 16.1. The number of aromatic nitrogens is 3. The molecule has 1 aliphatic carbocycles. The Bertz CT molecular complexity index is 1020. The van der Waals surface area contributed by atoms with Crippen LogP contribution in [0.2, 0.25) is 0 Å². The quantitative estimate of drug-likeness (QED) is 0.659. The third kappa shape index (κ3) is 4.36. The highest BCUT2D eigenvalue weighted by molar-refractivity contribution is 5.99. The Kier molecular flexibility index (Phi) is 5.81. The lowest BCUT2D eigenvalue weighted by Crippen LogP contribution is -2.47. The predicted octanol–water partition coefficient (Wildman–Crippen LogP) is 2.85. The van der Waals surface area contributed by atoms with E-state index in [1.807, 2.05) is 19.3 Å². The van der Waals surface area contributed by atoms with Gasteiger partial charge in [0, 0.05) is 49.2 Å². The highest BCUT2D eigenvalue weighted by Crippen LogP contribution is 2.26. The summed E-state index contributed by atoms with van der Waals surface area (Å²) >= 11 is 0. The maximum absolute atomic E-state index is 13.1. The van der Waals surface area contributed by atoms with Gasteiger partial charge in [-0.05, 0) is 37.9 Å². The maximum atomic E-state index is 13.1. The lowest BCUT2D eigenvalue weighted by Gasteiger charge is -2.30. The second-order valence-electron chi connectivity index (χ2n) is 8.04. The molecule has 0 spiro atoms. The first kappa shape index (κ1) is 20.1. The summed E-state index contributed by atoms with van der Waals surface area (Å²) in [6, 6.07) is 12.6.